The van der Waals surface area contributed by atoms with Gasteiger partial charge >= 0.3 is 0 Å². The molecular weight excluding hydrogens is 182 g/mol. The van der Waals surface area contributed by atoms with Crippen LogP contribution >= 0.6 is 12.2 Å². The number of hydrogen-bond donors (Lipinski definition) is 1. The van der Waals surface area contributed by atoms with Gasteiger partial charge in [0.1, 0.15) is 0 Å². The van der Waals surface area contributed by atoms with Gasteiger partial charge in [0.25, 0.3) is 0 Å². The first-order chi connectivity index (χ1) is 6.06. The summed E-state index contributed by atoms with van der Waals surface area (Å²) < 4.78 is 0. The topological polar surface area (TPSA) is 35.1 Å². The number of nitrogens with one attached hydrogen (secondary N) is 1. The SMILES string of the molecule is Cc1cc(C)c(C(=S)N[O-])c(C)c1. The lowest BCUT2D eigenvalue weighted by Gasteiger charge is -2.16. The molecule has 0 saturated heterocycles. The van der Waals surface area contributed by atoms with Crippen LogP contribution in [-0.4, -0.2) is 4.99 Å². The van der Waals surface area contributed by atoms with Gasteiger partial charge in [0.2, 0.25) is 0 Å². The van der Waals surface area contributed by atoms with Crippen LogP contribution in [0.1, 0.15) is 22.3 Å². The van der Waals surface area contributed by atoms with Crippen molar-refractivity contribution in [2.24, 2.45) is 0 Å². The predicted molar refractivity (Wildman–Crippen MR) is 58.9 cm³/mol. The van der Waals surface area contributed by atoms with Gasteiger partial charge in [0, 0.05) is 5.56 Å². The average molecular weight is 194 g/mol. The average Bonchev–Trinajstić information content (AvgIpc) is 2.02. The van der Waals surface area contributed by atoms with Gasteiger partial charge < -0.3 is 10.7 Å². The molecule has 0 fully saturated rings. The Labute approximate surface area is 83.5 Å². The highest BCUT2D eigenvalue weighted by molar-refractivity contribution is 7.80. The van der Waals surface area contributed by atoms with Crippen molar-refractivity contribution in [3.05, 3.63) is 39.6 Å². The maximum Gasteiger partial charge on any atom is 0.0960 e. The molecule has 0 aliphatic carbocycles. The molecule has 2 nitrogen and oxygen atoms in total. The molecule has 0 bridgehead atoms. The Kier molecular flexibility index (Phi) is 3.01. The van der Waals surface area contributed by atoms with E-state index in [0.29, 0.717) is 0 Å². The molecule has 0 saturated carbocycles. The fourth-order valence-corrected chi connectivity index (χ4v) is 1.91. The highest BCUT2D eigenvalue weighted by atomic mass is 32.1. The monoisotopic (exact) mass is 194 g/mol. The number of aryl methyl sites for hydroxylation is 3. The number of benzene rings is 1. The minimum Gasteiger partial charge on any atom is -0.760 e. The summed E-state index contributed by atoms with van der Waals surface area (Å²) in [5.74, 6) is 0. The van der Waals surface area contributed by atoms with E-state index >= 15 is 0 Å². The number of thiocarbonyl (C=S) groups is 1. The van der Waals surface area contributed by atoms with E-state index < -0.39 is 0 Å². The van der Waals surface area contributed by atoms with Gasteiger partial charge in [0.05, 0.1) is 4.99 Å². The lowest BCUT2D eigenvalue weighted by Crippen LogP contribution is -2.17. The van der Waals surface area contributed by atoms with Gasteiger partial charge in [-0.3, -0.25) is 0 Å². The van der Waals surface area contributed by atoms with Crippen molar-refractivity contribution in [2.45, 2.75) is 20.8 Å². The van der Waals surface area contributed by atoms with Crippen molar-refractivity contribution in [2.75, 3.05) is 0 Å². The molecule has 0 spiro atoms. The predicted octanol–water partition coefficient (Wildman–Crippen LogP) is 2.37. The molecule has 13 heavy (non-hydrogen) atoms. The van der Waals surface area contributed by atoms with Gasteiger partial charge in [-0.1, -0.05) is 29.9 Å². The number of rotatable bonds is 1. The Morgan fingerprint density at radius 2 is 1.69 bits per heavy atom. The highest BCUT2D eigenvalue weighted by Gasteiger charge is 2.05. The maximum atomic E-state index is 10.4. The molecule has 0 aliphatic rings. The van der Waals surface area contributed by atoms with Crippen molar-refractivity contribution in [3.63, 3.8) is 0 Å². The summed E-state index contributed by atoms with van der Waals surface area (Å²) in [6.45, 7) is 5.94. The second kappa shape index (κ2) is 3.85. The van der Waals surface area contributed by atoms with Gasteiger partial charge in [-0.2, -0.15) is 0 Å². The largest absolute Gasteiger partial charge is 0.760 e. The molecule has 3 heteroatoms. The summed E-state index contributed by atoms with van der Waals surface area (Å²) >= 11 is 4.92. The smallest absolute Gasteiger partial charge is 0.0960 e. The summed E-state index contributed by atoms with van der Waals surface area (Å²) in [6, 6.07) is 4.04. The van der Waals surface area contributed by atoms with Gasteiger partial charge in [-0.05, 0) is 31.9 Å². The third-order valence-corrected chi connectivity index (χ3v) is 2.28. The van der Waals surface area contributed by atoms with Gasteiger partial charge in [0.15, 0.2) is 0 Å². The summed E-state index contributed by atoms with van der Waals surface area (Å²) in [5, 5.41) is 10.4. The van der Waals surface area contributed by atoms with Crippen molar-refractivity contribution in [1.82, 2.24) is 5.48 Å². The molecule has 70 valence electrons. The van der Waals surface area contributed by atoms with E-state index in [-0.39, 0.29) is 4.99 Å². The minimum absolute atomic E-state index is 0.273. The Hall–Kier alpha value is -0.930. The summed E-state index contributed by atoms with van der Waals surface area (Å²) in [6.07, 6.45) is 0. The normalized spacial score (nSPS) is 9.85. The number of hydrogen-bond acceptors (Lipinski definition) is 2. The first-order valence-corrected chi connectivity index (χ1v) is 4.47. The van der Waals surface area contributed by atoms with Crippen LogP contribution in [0.4, 0.5) is 0 Å². The van der Waals surface area contributed by atoms with E-state index in [1.165, 1.54) is 5.56 Å². The molecule has 0 aromatic heterocycles. The van der Waals surface area contributed by atoms with Crippen LogP contribution in [0.15, 0.2) is 12.1 Å². The Morgan fingerprint density at radius 3 is 2.08 bits per heavy atom. The third-order valence-electron chi connectivity index (χ3n) is 2.00. The number of hydroxylamine groups is 1. The Morgan fingerprint density at radius 1 is 1.23 bits per heavy atom. The highest BCUT2D eigenvalue weighted by Crippen LogP contribution is 2.16. The first kappa shape index (κ1) is 10.2. The van der Waals surface area contributed by atoms with E-state index in [9.17, 15) is 5.21 Å². The van der Waals surface area contributed by atoms with Crippen molar-refractivity contribution in [1.29, 1.82) is 0 Å². The summed E-state index contributed by atoms with van der Waals surface area (Å²) in [7, 11) is 0. The molecule has 1 aromatic rings. The fraction of sp³-hybridized carbons (Fsp3) is 0.300. The van der Waals surface area contributed by atoms with Gasteiger partial charge in [-0.15, -0.1) is 0 Å². The van der Waals surface area contributed by atoms with E-state index in [2.05, 4.69) is 0 Å². The van der Waals surface area contributed by atoms with Crippen LogP contribution in [0.3, 0.4) is 0 Å². The third kappa shape index (κ3) is 2.05. The van der Waals surface area contributed by atoms with E-state index in [1.807, 2.05) is 32.9 Å². The second-order valence-corrected chi connectivity index (χ2v) is 3.61. The lowest BCUT2D eigenvalue weighted by molar-refractivity contribution is 1.26. The van der Waals surface area contributed by atoms with Crippen LogP contribution in [0.5, 0.6) is 0 Å². The molecular formula is C10H12NOS-. The van der Waals surface area contributed by atoms with Crippen LogP contribution in [0, 0.1) is 26.0 Å². The Balaban J connectivity index is 3.28. The van der Waals surface area contributed by atoms with Crippen LogP contribution in [0.2, 0.25) is 0 Å². The first-order valence-electron chi connectivity index (χ1n) is 4.06. The van der Waals surface area contributed by atoms with Crippen molar-refractivity contribution in [3.8, 4) is 0 Å². The summed E-state index contributed by atoms with van der Waals surface area (Å²) in [5.41, 5.74) is 5.90. The Bertz CT molecular complexity index is 324. The quantitative estimate of drug-likeness (QED) is 0.550. The van der Waals surface area contributed by atoms with Crippen LogP contribution in [0.25, 0.3) is 0 Å². The van der Waals surface area contributed by atoms with E-state index in [1.54, 1.807) is 5.48 Å². The van der Waals surface area contributed by atoms with Crippen molar-refractivity contribution >= 4 is 17.2 Å². The second-order valence-electron chi connectivity index (χ2n) is 3.20. The molecule has 1 aromatic carbocycles. The summed E-state index contributed by atoms with van der Waals surface area (Å²) in [4.78, 5) is 0.273. The van der Waals surface area contributed by atoms with Crippen LogP contribution in [-0.2, 0) is 0 Å². The molecule has 0 radical (unpaired) electrons. The minimum atomic E-state index is 0.273. The molecule has 0 atom stereocenters. The molecule has 1 rings (SSSR count). The zero-order chi connectivity index (χ0) is 10.0. The standard InChI is InChI=1S/C10H12NOS/c1-6-4-7(2)9(8(3)5-6)10(13)11-12/h4-5H,1-3H3,(H-,11,12,13)/q-1. The zero-order valence-electron chi connectivity index (χ0n) is 7.97. The van der Waals surface area contributed by atoms with Gasteiger partial charge in [-0.25, -0.2) is 0 Å². The maximum absolute atomic E-state index is 10.4. The molecule has 1 N–H and O–H groups in total. The van der Waals surface area contributed by atoms with Crippen molar-refractivity contribution < 1.29 is 0 Å². The lowest BCUT2D eigenvalue weighted by atomic mass is 10.00. The molecule has 0 aliphatic heterocycles. The fourth-order valence-electron chi connectivity index (χ4n) is 1.59. The molecule has 0 amide bonds. The van der Waals surface area contributed by atoms with E-state index in [0.717, 1.165) is 16.7 Å². The molecule has 0 unspecified atom stereocenters. The van der Waals surface area contributed by atoms with E-state index in [4.69, 9.17) is 12.2 Å². The zero-order valence-corrected chi connectivity index (χ0v) is 8.79. The van der Waals surface area contributed by atoms with Crippen LogP contribution < -0.4 is 5.48 Å². The molecule has 0 heterocycles.